The second kappa shape index (κ2) is 14.1. The number of nitrogen functional groups attached to an aromatic ring is 1. The number of hydrogen-bond acceptors (Lipinski definition) is 9. The third-order valence-corrected chi connectivity index (χ3v) is 6.66. The summed E-state index contributed by atoms with van der Waals surface area (Å²) in [6, 6.07) is 0. The van der Waals surface area contributed by atoms with E-state index in [4.69, 9.17) is 20.7 Å². The molecule has 0 bridgehead atoms. The Morgan fingerprint density at radius 3 is 2.49 bits per heavy atom. The standard InChI is InChI=1S/C20H28O2.C8H12N4O5/c1-15(8-6-9-16(2)14-19(21)22)11-12-18-17(3)10-7-13-20(18,4)5;9-7-10-2-12(8(16)11-7)6-5(15)4(14)3(1-13)17-6/h6,8-9,11-12,14H,7,10,13H2,1-5H3,(H,21,22);2-6,13-15H,1H2,(H2,9,11,16)/b9-6+,12-11+,15-8+,16-14+;/t;3-,4-,5-,6-/m.1/s1. The first-order chi connectivity index (χ1) is 18.3. The van der Waals surface area contributed by atoms with Crippen LogP contribution in [0.1, 0.15) is 60.1 Å². The predicted octanol–water partition coefficient (Wildman–Crippen LogP) is 2.43. The van der Waals surface area contributed by atoms with Gasteiger partial charge in [0, 0.05) is 6.08 Å². The van der Waals surface area contributed by atoms with Crippen molar-refractivity contribution < 1.29 is 30.0 Å². The van der Waals surface area contributed by atoms with Gasteiger partial charge >= 0.3 is 11.7 Å². The van der Waals surface area contributed by atoms with Crippen LogP contribution in [0.2, 0.25) is 0 Å². The number of aliphatic hydroxyl groups is 3. The number of nitrogens with zero attached hydrogens (tertiary/aromatic N) is 3. The van der Waals surface area contributed by atoms with Crippen LogP contribution in [0.15, 0.2) is 69.9 Å². The molecule has 1 saturated heterocycles. The molecule has 0 unspecified atom stereocenters. The van der Waals surface area contributed by atoms with Crippen LogP contribution in [0.3, 0.4) is 0 Å². The number of rotatable bonds is 7. The van der Waals surface area contributed by atoms with Crippen LogP contribution in [0.25, 0.3) is 0 Å². The number of aromatic nitrogens is 3. The van der Waals surface area contributed by atoms with Crippen molar-refractivity contribution in [1.82, 2.24) is 14.5 Å². The van der Waals surface area contributed by atoms with Crippen molar-refractivity contribution in [1.29, 1.82) is 0 Å². The molecule has 1 fully saturated rings. The molecule has 2 heterocycles. The Bertz CT molecular complexity index is 1230. The van der Waals surface area contributed by atoms with Crippen molar-refractivity contribution in [3.8, 4) is 0 Å². The summed E-state index contributed by atoms with van der Waals surface area (Å²) in [6.45, 7) is 10.2. The van der Waals surface area contributed by atoms with E-state index in [0.29, 0.717) is 0 Å². The molecular formula is C28H40N4O7. The van der Waals surface area contributed by atoms with Gasteiger partial charge in [0.15, 0.2) is 6.23 Å². The Labute approximate surface area is 228 Å². The van der Waals surface area contributed by atoms with Crippen molar-refractivity contribution in [2.24, 2.45) is 5.41 Å². The predicted molar refractivity (Wildman–Crippen MR) is 147 cm³/mol. The topological polar surface area (TPSA) is 181 Å². The smallest absolute Gasteiger partial charge is 0.354 e. The number of carboxylic acid groups (broad SMARTS) is 1. The van der Waals surface area contributed by atoms with E-state index in [1.54, 1.807) is 13.0 Å². The second-order valence-electron chi connectivity index (χ2n) is 10.4. The Balaban J connectivity index is 0.000000282. The van der Waals surface area contributed by atoms with Crippen LogP contribution in [0.4, 0.5) is 5.95 Å². The number of aliphatic carboxylic acids is 1. The van der Waals surface area contributed by atoms with Crippen LogP contribution in [0.5, 0.6) is 0 Å². The normalized spacial score (nSPS) is 25.7. The number of allylic oxidation sites excluding steroid dienone is 9. The SMILES string of the molecule is CC1=C(/C=C/C(C)=C/C=C/C(C)=C/C(=O)O)C(C)(C)CCC1.Nc1ncn([C@@H]2O[C@H](CO)[C@@H](O)[C@H]2O)c(=O)n1. The van der Waals surface area contributed by atoms with Crippen LogP contribution >= 0.6 is 0 Å². The van der Waals surface area contributed by atoms with E-state index >= 15 is 0 Å². The summed E-state index contributed by atoms with van der Waals surface area (Å²) < 4.78 is 6.04. The first kappa shape index (κ1) is 31.8. The molecule has 0 saturated carbocycles. The molecule has 214 valence electrons. The summed E-state index contributed by atoms with van der Waals surface area (Å²) >= 11 is 0. The molecule has 1 aliphatic heterocycles. The molecular weight excluding hydrogens is 504 g/mol. The number of carboxylic acids is 1. The maximum absolute atomic E-state index is 11.5. The third kappa shape index (κ3) is 9.10. The molecule has 1 aromatic rings. The summed E-state index contributed by atoms with van der Waals surface area (Å²) in [5.74, 6) is -1.11. The lowest BCUT2D eigenvalue weighted by Crippen LogP contribution is -2.36. The zero-order chi connectivity index (χ0) is 29.3. The molecule has 1 aliphatic carbocycles. The van der Waals surface area contributed by atoms with Gasteiger partial charge in [0.25, 0.3) is 0 Å². The lowest BCUT2D eigenvalue weighted by atomic mass is 9.72. The molecule has 11 nitrogen and oxygen atoms in total. The highest BCUT2D eigenvalue weighted by Gasteiger charge is 2.43. The van der Waals surface area contributed by atoms with Gasteiger partial charge in [-0.3, -0.25) is 4.57 Å². The van der Waals surface area contributed by atoms with Gasteiger partial charge in [0.2, 0.25) is 5.95 Å². The van der Waals surface area contributed by atoms with Crippen LogP contribution in [-0.2, 0) is 9.53 Å². The lowest BCUT2D eigenvalue weighted by molar-refractivity contribution is -0.131. The zero-order valence-electron chi connectivity index (χ0n) is 23.1. The highest BCUT2D eigenvalue weighted by atomic mass is 16.6. The van der Waals surface area contributed by atoms with Crippen molar-refractivity contribution in [2.75, 3.05) is 12.3 Å². The minimum atomic E-state index is -1.35. The summed E-state index contributed by atoms with van der Waals surface area (Å²) in [5, 5.41) is 36.7. The van der Waals surface area contributed by atoms with E-state index in [1.165, 1.54) is 36.5 Å². The second-order valence-corrected chi connectivity index (χ2v) is 10.4. The monoisotopic (exact) mass is 544 g/mol. The molecule has 1 aromatic heterocycles. The average molecular weight is 545 g/mol. The highest BCUT2D eigenvalue weighted by Crippen LogP contribution is 2.40. The summed E-state index contributed by atoms with van der Waals surface area (Å²) in [7, 11) is 0. The molecule has 0 aromatic carbocycles. The number of carbonyl (C=O) groups is 1. The van der Waals surface area contributed by atoms with E-state index in [0.717, 1.165) is 22.0 Å². The molecule has 0 radical (unpaired) electrons. The summed E-state index contributed by atoms with van der Waals surface area (Å²) in [6.07, 6.45) is 11.3. The van der Waals surface area contributed by atoms with Gasteiger partial charge in [0.1, 0.15) is 24.6 Å². The van der Waals surface area contributed by atoms with Gasteiger partial charge in [-0.05, 0) is 56.6 Å². The van der Waals surface area contributed by atoms with Gasteiger partial charge in [0.05, 0.1) is 6.61 Å². The highest BCUT2D eigenvalue weighted by molar-refractivity contribution is 5.81. The number of ether oxygens (including phenoxy) is 1. The molecule has 11 heteroatoms. The molecule has 3 rings (SSSR count). The maximum Gasteiger partial charge on any atom is 0.354 e. The van der Waals surface area contributed by atoms with Gasteiger partial charge in [-0.2, -0.15) is 4.98 Å². The van der Waals surface area contributed by atoms with Crippen molar-refractivity contribution >= 4 is 11.9 Å². The summed E-state index contributed by atoms with van der Waals surface area (Å²) in [4.78, 5) is 29.0. The zero-order valence-corrected chi connectivity index (χ0v) is 23.1. The van der Waals surface area contributed by atoms with Crippen LogP contribution in [0, 0.1) is 5.41 Å². The Morgan fingerprint density at radius 2 is 1.92 bits per heavy atom. The van der Waals surface area contributed by atoms with Crippen LogP contribution in [-0.4, -0.2) is 65.8 Å². The van der Waals surface area contributed by atoms with Gasteiger partial charge in [-0.1, -0.05) is 55.4 Å². The molecule has 0 spiro atoms. The maximum atomic E-state index is 11.5. The van der Waals surface area contributed by atoms with Crippen LogP contribution < -0.4 is 11.4 Å². The fourth-order valence-electron chi connectivity index (χ4n) is 4.51. The molecule has 4 atom stereocenters. The van der Waals surface area contributed by atoms with E-state index < -0.39 is 42.8 Å². The Morgan fingerprint density at radius 1 is 1.23 bits per heavy atom. The number of hydrogen-bond donors (Lipinski definition) is 5. The van der Waals surface area contributed by atoms with E-state index in [9.17, 15) is 19.8 Å². The van der Waals surface area contributed by atoms with E-state index in [-0.39, 0.29) is 11.4 Å². The van der Waals surface area contributed by atoms with E-state index in [1.807, 2.05) is 12.2 Å². The lowest BCUT2D eigenvalue weighted by Gasteiger charge is -2.32. The number of anilines is 1. The van der Waals surface area contributed by atoms with Crippen molar-refractivity contribution in [3.05, 3.63) is 75.6 Å². The molecule has 6 N–H and O–H groups in total. The third-order valence-electron chi connectivity index (χ3n) is 6.66. The average Bonchev–Trinajstić information content (AvgIpc) is 3.12. The minimum Gasteiger partial charge on any atom is -0.478 e. The summed E-state index contributed by atoms with van der Waals surface area (Å²) in [5.41, 5.74) is 9.55. The fourth-order valence-corrected chi connectivity index (χ4v) is 4.51. The van der Waals surface area contributed by atoms with Gasteiger partial charge < -0.3 is 30.9 Å². The quantitative estimate of drug-likeness (QED) is 0.253. The van der Waals surface area contributed by atoms with E-state index in [2.05, 4.69) is 49.8 Å². The first-order valence-corrected chi connectivity index (χ1v) is 12.7. The van der Waals surface area contributed by atoms with Gasteiger partial charge in [-0.15, -0.1) is 0 Å². The Kier molecular flexibility index (Phi) is 11.5. The largest absolute Gasteiger partial charge is 0.478 e. The molecule has 2 aliphatic rings. The molecule has 0 amide bonds. The molecule has 39 heavy (non-hydrogen) atoms. The van der Waals surface area contributed by atoms with Crippen molar-refractivity contribution in [2.45, 2.75) is 78.4 Å². The van der Waals surface area contributed by atoms with Gasteiger partial charge in [-0.25, -0.2) is 14.6 Å². The number of nitrogens with two attached hydrogens (primary N) is 1. The fraction of sp³-hybridized carbons (Fsp3) is 0.500. The Hall–Kier alpha value is -3.38. The van der Waals surface area contributed by atoms with Crippen molar-refractivity contribution in [3.63, 3.8) is 0 Å². The minimum absolute atomic E-state index is 0.196. The first-order valence-electron chi connectivity index (χ1n) is 12.7. The number of aliphatic hydroxyl groups excluding tert-OH is 3.